The van der Waals surface area contributed by atoms with Crippen molar-refractivity contribution in [3.8, 4) is 0 Å². The largest absolute Gasteiger partial charge is 0.308 e. The molecule has 0 spiro atoms. The van der Waals surface area contributed by atoms with Crippen LogP contribution in [0.25, 0.3) is 0 Å². The smallest absolute Gasteiger partial charge is 0.233 e. The molecule has 1 fully saturated rings. The molecular formula is C12H26N4O. The molecule has 1 heterocycles. The zero-order valence-electron chi connectivity index (χ0n) is 11.3. The van der Waals surface area contributed by atoms with Crippen LogP contribution in [-0.2, 0) is 4.79 Å². The van der Waals surface area contributed by atoms with Gasteiger partial charge in [-0.15, -0.1) is 0 Å². The summed E-state index contributed by atoms with van der Waals surface area (Å²) in [5, 5.41) is 0. The van der Waals surface area contributed by atoms with Crippen LogP contribution in [0.5, 0.6) is 0 Å². The van der Waals surface area contributed by atoms with Crippen LogP contribution in [0.1, 0.15) is 32.6 Å². The molecule has 1 aliphatic rings. The van der Waals surface area contributed by atoms with E-state index in [0.29, 0.717) is 18.5 Å². The molecule has 0 aromatic heterocycles. The normalized spacial score (nSPS) is 23.0. The molecule has 2 atom stereocenters. The highest BCUT2D eigenvalue weighted by molar-refractivity contribution is 5.75. The third kappa shape index (κ3) is 4.61. The number of carbonyl (C=O) groups is 1. The van der Waals surface area contributed by atoms with E-state index >= 15 is 0 Å². The lowest BCUT2D eigenvalue weighted by Gasteiger charge is -2.32. The zero-order chi connectivity index (χ0) is 12.8. The molecule has 5 heteroatoms. The van der Waals surface area contributed by atoms with Gasteiger partial charge in [-0.25, -0.2) is 5.84 Å². The summed E-state index contributed by atoms with van der Waals surface area (Å²) in [5.41, 5.74) is 2.19. The average Bonchev–Trinajstić information content (AvgIpc) is 2.72. The van der Waals surface area contributed by atoms with Crippen LogP contribution in [-0.4, -0.2) is 55.0 Å². The maximum Gasteiger partial charge on any atom is 0.233 e. The second-order valence-corrected chi connectivity index (χ2v) is 5.25. The lowest BCUT2D eigenvalue weighted by Crippen LogP contribution is -2.43. The molecule has 0 aliphatic carbocycles. The van der Waals surface area contributed by atoms with Gasteiger partial charge in [0, 0.05) is 25.0 Å². The number of nitrogens with zero attached hydrogens (tertiary/aromatic N) is 2. The molecule has 0 saturated carbocycles. The van der Waals surface area contributed by atoms with Crippen LogP contribution in [0.2, 0.25) is 0 Å². The van der Waals surface area contributed by atoms with E-state index in [9.17, 15) is 4.79 Å². The average molecular weight is 242 g/mol. The Balaban J connectivity index is 2.38. The number of hydrogen-bond acceptors (Lipinski definition) is 4. The van der Waals surface area contributed by atoms with Gasteiger partial charge in [0.2, 0.25) is 5.91 Å². The summed E-state index contributed by atoms with van der Waals surface area (Å²) < 4.78 is 0. The van der Waals surface area contributed by atoms with Gasteiger partial charge in [0.25, 0.3) is 0 Å². The number of likely N-dealkylation sites (tertiary alicyclic amines) is 1. The van der Waals surface area contributed by atoms with E-state index in [1.165, 1.54) is 12.8 Å². The van der Waals surface area contributed by atoms with Gasteiger partial charge in [-0.05, 0) is 46.8 Å². The van der Waals surface area contributed by atoms with Crippen molar-refractivity contribution in [1.82, 2.24) is 15.2 Å². The Bertz CT molecular complexity index is 245. The topological polar surface area (TPSA) is 61.6 Å². The van der Waals surface area contributed by atoms with E-state index in [1.54, 1.807) is 0 Å². The maximum absolute atomic E-state index is 11.1. The lowest BCUT2D eigenvalue weighted by atomic mass is 10.1. The molecular weight excluding hydrogens is 216 g/mol. The van der Waals surface area contributed by atoms with Crippen LogP contribution in [0.3, 0.4) is 0 Å². The van der Waals surface area contributed by atoms with E-state index < -0.39 is 0 Å². The van der Waals surface area contributed by atoms with E-state index in [0.717, 1.165) is 19.5 Å². The van der Waals surface area contributed by atoms with Crippen LogP contribution in [0.4, 0.5) is 0 Å². The lowest BCUT2D eigenvalue weighted by molar-refractivity contribution is -0.121. The van der Waals surface area contributed by atoms with Gasteiger partial charge in [0.05, 0.1) is 0 Å². The fourth-order valence-corrected chi connectivity index (χ4v) is 2.63. The number of hydrogen-bond donors (Lipinski definition) is 2. The monoisotopic (exact) mass is 242 g/mol. The molecule has 17 heavy (non-hydrogen) atoms. The minimum absolute atomic E-state index is 0.0693. The third-order valence-electron chi connectivity index (χ3n) is 3.51. The minimum Gasteiger partial charge on any atom is -0.308 e. The Labute approximate surface area is 104 Å². The molecule has 5 nitrogen and oxygen atoms in total. The van der Waals surface area contributed by atoms with E-state index in [4.69, 9.17) is 5.84 Å². The summed E-state index contributed by atoms with van der Waals surface area (Å²) in [6.07, 6.45) is 3.94. The van der Waals surface area contributed by atoms with Gasteiger partial charge < -0.3 is 4.90 Å². The predicted octanol–water partition coefficient (Wildman–Crippen LogP) is 0.171. The highest BCUT2D eigenvalue weighted by atomic mass is 16.2. The minimum atomic E-state index is -0.0693. The number of amides is 1. The first-order valence-corrected chi connectivity index (χ1v) is 6.44. The molecule has 1 saturated heterocycles. The second-order valence-electron chi connectivity index (χ2n) is 5.25. The number of hydrazine groups is 1. The van der Waals surface area contributed by atoms with Crippen molar-refractivity contribution in [2.75, 3.05) is 27.2 Å². The summed E-state index contributed by atoms with van der Waals surface area (Å²) >= 11 is 0. The fraction of sp³-hybridized carbons (Fsp3) is 0.917. The van der Waals surface area contributed by atoms with Crippen molar-refractivity contribution in [2.45, 2.75) is 44.7 Å². The quantitative estimate of drug-likeness (QED) is 0.396. The van der Waals surface area contributed by atoms with Gasteiger partial charge in [-0.3, -0.25) is 15.1 Å². The summed E-state index contributed by atoms with van der Waals surface area (Å²) in [7, 11) is 4.23. The summed E-state index contributed by atoms with van der Waals surface area (Å²) in [6, 6.07) is 1.10. The first kappa shape index (κ1) is 14.4. The first-order valence-electron chi connectivity index (χ1n) is 6.44. The van der Waals surface area contributed by atoms with Gasteiger partial charge >= 0.3 is 0 Å². The zero-order valence-corrected chi connectivity index (χ0v) is 11.3. The number of carbonyl (C=O) groups excluding carboxylic acids is 1. The predicted molar refractivity (Wildman–Crippen MR) is 69.3 cm³/mol. The van der Waals surface area contributed by atoms with Gasteiger partial charge in [-0.2, -0.15) is 0 Å². The third-order valence-corrected chi connectivity index (χ3v) is 3.51. The van der Waals surface area contributed by atoms with Gasteiger partial charge in [-0.1, -0.05) is 0 Å². The molecule has 2 unspecified atom stereocenters. The molecule has 1 amide bonds. The second kappa shape index (κ2) is 6.93. The van der Waals surface area contributed by atoms with Crippen LogP contribution in [0.15, 0.2) is 0 Å². The Morgan fingerprint density at radius 1 is 1.59 bits per heavy atom. The van der Waals surface area contributed by atoms with E-state index in [1.807, 2.05) is 0 Å². The molecule has 0 radical (unpaired) electrons. The number of rotatable bonds is 6. The molecule has 1 aliphatic heterocycles. The first-order chi connectivity index (χ1) is 8.04. The molecule has 100 valence electrons. The van der Waals surface area contributed by atoms with Crippen molar-refractivity contribution in [1.29, 1.82) is 0 Å². The van der Waals surface area contributed by atoms with Crippen LogP contribution >= 0.6 is 0 Å². The Morgan fingerprint density at radius 2 is 2.29 bits per heavy atom. The molecule has 0 aromatic rings. The molecule has 0 aromatic carbocycles. The Hall–Kier alpha value is -0.650. The van der Waals surface area contributed by atoms with E-state index in [-0.39, 0.29) is 5.91 Å². The standard InChI is InChI=1S/C12H26N4O/c1-10(6-7-12(17)14-13)16-8-4-5-11(16)9-15(2)3/h10-11H,4-9,13H2,1-3H3,(H,14,17). The highest BCUT2D eigenvalue weighted by Gasteiger charge is 2.28. The number of nitrogens with two attached hydrogens (primary N) is 1. The summed E-state index contributed by atoms with van der Waals surface area (Å²) in [4.78, 5) is 15.9. The number of nitrogens with one attached hydrogen (secondary N) is 1. The Morgan fingerprint density at radius 3 is 2.88 bits per heavy atom. The fourth-order valence-electron chi connectivity index (χ4n) is 2.63. The molecule has 1 rings (SSSR count). The van der Waals surface area contributed by atoms with Crippen molar-refractivity contribution in [3.05, 3.63) is 0 Å². The molecule has 0 bridgehead atoms. The van der Waals surface area contributed by atoms with Gasteiger partial charge in [0.1, 0.15) is 0 Å². The SMILES string of the molecule is CC(CCC(=O)NN)N1CCCC1CN(C)C. The van der Waals surface area contributed by atoms with Crippen molar-refractivity contribution < 1.29 is 4.79 Å². The van der Waals surface area contributed by atoms with E-state index in [2.05, 4.69) is 36.2 Å². The Kier molecular flexibility index (Phi) is 5.88. The molecule has 3 N–H and O–H groups in total. The van der Waals surface area contributed by atoms with Crippen molar-refractivity contribution in [3.63, 3.8) is 0 Å². The summed E-state index contributed by atoms with van der Waals surface area (Å²) in [6.45, 7) is 4.47. The van der Waals surface area contributed by atoms with Gasteiger partial charge in [0.15, 0.2) is 0 Å². The van der Waals surface area contributed by atoms with Crippen LogP contribution in [0, 0.1) is 0 Å². The van der Waals surface area contributed by atoms with Crippen LogP contribution < -0.4 is 11.3 Å². The highest BCUT2D eigenvalue weighted by Crippen LogP contribution is 2.22. The summed E-state index contributed by atoms with van der Waals surface area (Å²) in [5.74, 6) is 5.02. The van der Waals surface area contributed by atoms with Crippen molar-refractivity contribution >= 4 is 5.91 Å². The maximum atomic E-state index is 11.1. The van der Waals surface area contributed by atoms with Crippen molar-refractivity contribution in [2.24, 2.45) is 5.84 Å². The number of likely N-dealkylation sites (N-methyl/N-ethyl adjacent to an activating group) is 1.